The van der Waals surface area contributed by atoms with Crippen molar-refractivity contribution in [3.63, 3.8) is 0 Å². The molecule has 26 heavy (non-hydrogen) atoms. The first-order valence-electron chi connectivity index (χ1n) is 8.54. The summed E-state index contributed by atoms with van der Waals surface area (Å²) in [7, 11) is 0. The Hall–Kier alpha value is -2.53. The number of nitrogens with zero attached hydrogens (tertiary/aromatic N) is 1. The molecular weight excluding hydrogens is 354 g/mol. The van der Waals surface area contributed by atoms with E-state index in [1.165, 1.54) is 0 Å². The van der Waals surface area contributed by atoms with Crippen molar-refractivity contribution in [2.24, 2.45) is 0 Å². The van der Waals surface area contributed by atoms with Gasteiger partial charge in [0.05, 0.1) is 0 Å². The highest BCUT2D eigenvalue weighted by molar-refractivity contribution is 6.30. The third kappa shape index (κ3) is 4.99. The summed E-state index contributed by atoms with van der Waals surface area (Å²) in [4.78, 5) is 25.9. The number of esters is 1. The van der Waals surface area contributed by atoms with E-state index >= 15 is 0 Å². The van der Waals surface area contributed by atoms with Gasteiger partial charge in [-0.2, -0.15) is 0 Å². The third-order valence-corrected chi connectivity index (χ3v) is 4.42. The van der Waals surface area contributed by atoms with E-state index in [1.807, 2.05) is 4.90 Å². The predicted molar refractivity (Wildman–Crippen MR) is 98.3 cm³/mol. The molecule has 6 heteroatoms. The van der Waals surface area contributed by atoms with Crippen LogP contribution in [0.2, 0.25) is 5.02 Å². The molecule has 0 aliphatic carbocycles. The van der Waals surface area contributed by atoms with Gasteiger partial charge in [-0.25, -0.2) is 4.79 Å². The van der Waals surface area contributed by atoms with Crippen LogP contribution in [0.25, 0.3) is 0 Å². The summed E-state index contributed by atoms with van der Waals surface area (Å²) in [5.41, 5.74) is 1.48. The summed E-state index contributed by atoms with van der Waals surface area (Å²) in [6.07, 6.45) is 2.13. The van der Waals surface area contributed by atoms with Gasteiger partial charge in [0, 0.05) is 23.7 Å². The van der Waals surface area contributed by atoms with Crippen LogP contribution in [0.4, 0.5) is 0 Å². The van der Waals surface area contributed by atoms with E-state index in [1.54, 1.807) is 48.5 Å². The average Bonchev–Trinajstić information content (AvgIpc) is 3.20. The topological polar surface area (TPSA) is 55.8 Å². The molecule has 136 valence electrons. The highest BCUT2D eigenvalue weighted by Gasteiger charge is 2.19. The molecule has 5 nitrogen and oxygen atoms in total. The van der Waals surface area contributed by atoms with E-state index in [-0.39, 0.29) is 19.1 Å². The zero-order valence-electron chi connectivity index (χ0n) is 14.3. The Morgan fingerprint density at radius 1 is 0.962 bits per heavy atom. The molecule has 0 atom stereocenters. The summed E-state index contributed by atoms with van der Waals surface area (Å²) >= 11 is 5.79. The molecule has 0 radical (unpaired) electrons. The van der Waals surface area contributed by atoms with Crippen LogP contribution in [0.5, 0.6) is 5.75 Å². The Bertz CT molecular complexity index is 752. The first-order chi connectivity index (χ1) is 12.6. The maximum Gasteiger partial charge on any atom is 0.344 e. The lowest BCUT2D eigenvalue weighted by Crippen LogP contribution is -2.27. The van der Waals surface area contributed by atoms with Crippen molar-refractivity contribution in [1.82, 2.24) is 4.90 Å². The summed E-state index contributed by atoms with van der Waals surface area (Å²) in [5.74, 6) is 0.149. The lowest BCUT2D eigenvalue weighted by molar-refractivity contribution is -0.147. The van der Waals surface area contributed by atoms with E-state index < -0.39 is 5.97 Å². The molecule has 1 saturated heterocycles. The minimum absolute atomic E-state index is 0.0578. The number of rotatable bonds is 6. The predicted octanol–water partition coefficient (Wildman–Crippen LogP) is 3.70. The second-order valence-corrected chi connectivity index (χ2v) is 6.54. The Balaban J connectivity index is 1.44. The first-order valence-corrected chi connectivity index (χ1v) is 8.92. The summed E-state index contributed by atoms with van der Waals surface area (Å²) in [6.45, 7) is 1.62. The molecule has 0 N–H and O–H groups in total. The van der Waals surface area contributed by atoms with Crippen molar-refractivity contribution in [3.8, 4) is 5.75 Å². The molecule has 1 amide bonds. The summed E-state index contributed by atoms with van der Waals surface area (Å²) in [5, 5.41) is 0.603. The molecular formula is C20H20ClNO4. The first kappa shape index (κ1) is 18.3. The minimum atomic E-state index is -0.461. The van der Waals surface area contributed by atoms with Gasteiger partial charge in [-0.05, 0) is 54.8 Å². The molecule has 0 bridgehead atoms. The van der Waals surface area contributed by atoms with Crippen LogP contribution in [0.1, 0.15) is 28.8 Å². The molecule has 1 fully saturated rings. The summed E-state index contributed by atoms with van der Waals surface area (Å²) < 4.78 is 10.5. The lowest BCUT2D eigenvalue weighted by atomic mass is 10.1. The number of ether oxygens (including phenoxy) is 2. The van der Waals surface area contributed by atoms with Crippen LogP contribution >= 0.6 is 11.6 Å². The molecule has 1 heterocycles. The Morgan fingerprint density at radius 2 is 1.62 bits per heavy atom. The summed E-state index contributed by atoms with van der Waals surface area (Å²) in [6, 6.07) is 13.9. The fraction of sp³-hybridized carbons (Fsp3) is 0.300. The quantitative estimate of drug-likeness (QED) is 0.724. The average molecular weight is 374 g/mol. The van der Waals surface area contributed by atoms with Crippen molar-refractivity contribution in [3.05, 3.63) is 64.7 Å². The molecule has 1 aliphatic heterocycles. The van der Waals surface area contributed by atoms with Gasteiger partial charge in [-0.1, -0.05) is 23.7 Å². The number of halogens is 1. The van der Waals surface area contributed by atoms with Gasteiger partial charge < -0.3 is 14.4 Å². The van der Waals surface area contributed by atoms with Gasteiger partial charge in [0.1, 0.15) is 12.4 Å². The van der Waals surface area contributed by atoms with Crippen LogP contribution in [-0.4, -0.2) is 36.5 Å². The van der Waals surface area contributed by atoms with Gasteiger partial charge >= 0.3 is 5.97 Å². The zero-order valence-corrected chi connectivity index (χ0v) is 15.1. The monoisotopic (exact) mass is 373 g/mol. The third-order valence-electron chi connectivity index (χ3n) is 4.16. The van der Waals surface area contributed by atoms with Crippen molar-refractivity contribution < 1.29 is 19.1 Å². The number of hydrogen-bond donors (Lipinski definition) is 0. The van der Waals surface area contributed by atoms with Gasteiger partial charge in [-0.3, -0.25) is 4.79 Å². The van der Waals surface area contributed by atoms with E-state index in [0.717, 1.165) is 31.5 Å². The Morgan fingerprint density at radius 3 is 2.27 bits per heavy atom. The lowest BCUT2D eigenvalue weighted by Gasteiger charge is -2.15. The molecule has 0 unspecified atom stereocenters. The molecule has 0 aromatic heterocycles. The molecule has 3 rings (SSSR count). The van der Waals surface area contributed by atoms with E-state index in [9.17, 15) is 9.59 Å². The SMILES string of the molecule is O=C(COc1ccc(Cl)cc1)OCc1ccc(C(=O)N2CCCC2)cc1. The molecule has 1 aliphatic rings. The van der Waals surface area contributed by atoms with Crippen molar-refractivity contribution >= 4 is 23.5 Å². The van der Waals surface area contributed by atoms with Gasteiger partial charge in [0.25, 0.3) is 5.91 Å². The van der Waals surface area contributed by atoms with E-state index in [2.05, 4.69) is 0 Å². The largest absolute Gasteiger partial charge is 0.482 e. The maximum absolute atomic E-state index is 12.3. The van der Waals surface area contributed by atoms with Crippen LogP contribution in [0.3, 0.4) is 0 Å². The number of likely N-dealkylation sites (tertiary alicyclic amines) is 1. The maximum atomic E-state index is 12.3. The number of carbonyl (C=O) groups excluding carboxylic acids is 2. The fourth-order valence-corrected chi connectivity index (χ4v) is 2.85. The van der Waals surface area contributed by atoms with Crippen LogP contribution < -0.4 is 4.74 Å². The Kier molecular flexibility index (Phi) is 6.12. The molecule has 2 aromatic rings. The van der Waals surface area contributed by atoms with E-state index in [0.29, 0.717) is 16.3 Å². The highest BCUT2D eigenvalue weighted by Crippen LogP contribution is 2.16. The second kappa shape index (κ2) is 8.72. The highest BCUT2D eigenvalue weighted by atomic mass is 35.5. The number of amides is 1. The van der Waals surface area contributed by atoms with Gasteiger partial charge in [-0.15, -0.1) is 0 Å². The van der Waals surface area contributed by atoms with Crippen LogP contribution in [0.15, 0.2) is 48.5 Å². The van der Waals surface area contributed by atoms with Crippen molar-refractivity contribution in [2.45, 2.75) is 19.4 Å². The number of benzene rings is 2. The fourth-order valence-electron chi connectivity index (χ4n) is 2.72. The standard InChI is InChI=1S/C20H20ClNO4/c21-17-7-9-18(10-8-17)25-14-19(23)26-13-15-3-5-16(6-4-15)20(24)22-11-1-2-12-22/h3-10H,1-2,11-14H2. The number of carbonyl (C=O) groups is 2. The second-order valence-electron chi connectivity index (χ2n) is 6.10. The normalized spacial score (nSPS) is 13.5. The molecule has 0 spiro atoms. The van der Waals surface area contributed by atoms with Crippen LogP contribution in [0, 0.1) is 0 Å². The molecule has 0 saturated carbocycles. The number of hydrogen-bond acceptors (Lipinski definition) is 4. The Labute approximate surface area is 157 Å². The van der Waals surface area contributed by atoms with Crippen molar-refractivity contribution in [1.29, 1.82) is 0 Å². The van der Waals surface area contributed by atoms with Gasteiger partial charge in [0.15, 0.2) is 6.61 Å². The molecule has 2 aromatic carbocycles. The smallest absolute Gasteiger partial charge is 0.344 e. The van der Waals surface area contributed by atoms with Crippen LogP contribution in [-0.2, 0) is 16.1 Å². The van der Waals surface area contributed by atoms with Crippen molar-refractivity contribution in [2.75, 3.05) is 19.7 Å². The zero-order chi connectivity index (χ0) is 18.4. The van der Waals surface area contributed by atoms with Gasteiger partial charge in [0.2, 0.25) is 0 Å². The minimum Gasteiger partial charge on any atom is -0.482 e. The van der Waals surface area contributed by atoms with E-state index in [4.69, 9.17) is 21.1 Å².